The summed E-state index contributed by atoms with van der Waals surface area (Å²) in [5, 5.41) is 9.29. The third kappa shape index (κ3) is 4.22. The number of hydrogen-bond acceptors (Lipinski definition) is 1. The lowest BCUT2D eigenvalue weighted by Gasteiger charge is -2.17. The van der Waals surface area contributed by atoms with Gasteiger partial charge in [0, 0.05) is 11.1 Å². The molecular weight excluding hydrogens is 271 g/mol. The lowest BCUT2D eigenvalue weighted by Crippen LogP contribution is -2.12. The molecule has 1 nitrogen and oxygen atoms in total. The number of benzene rings is 1. The van der Waals surface area contributed by atoms with Crippen molar-refractivity contribution in [3.8, 4) is 0 Å². The molecule has 0 fully saturated rings. The molecule has 0 amide bonds. The van der Waals surface area contributed by atoms with E-state index in [2.05, 4.69) is 29.8 Å². The fraction of sp³-hybridized carbons (Fsp3) is 0.538. The highest BCUT2D eigenvalue weighted by atomic mass is 79.9. The fourth-order valence-electron chi connectivity index (χ4n) is 1.89. The number of hydrogen-bond donors (Lipinski definition) is 1. The van der Waals surface area contributed by atoms with Gasteiger partial charge in [-0.25, -0.2) is 4.39 Å². The Kier molecular flexibility index (Phi) is 5.42. The van der Waals surface area contributed by atoms with Gasteiger partial charge in [0.25, 0.3) is 0 Å². The van der Waals surface area contributed by atoms with Gasteiger partial charge in [0.2, 0.25) is 0 Å². The molecule has 0 saturated carbocycles. The Bertz CT molecular complexity index is 339. The van der Waals surface area contributed by atoms with Crippen LogP contribution >= 0.6 is 15.9 Å². The Hall–Kier alpha value is -0.410. The van der Waals surface area contributed by atoms with Gasteiger partial charge in [0.15, 0.2) is 0 Å². The molecule has 0 radical (unpaired) electrons. The predicted octanol–water partition coefficient (Wildman–Crippen LogP) is 3.79. The van der Waals surface area contributed by atoms with Crippen LogP contribution in [-0.2, 0) is 6.42 Å². The van der Waals surface area contributed by atoms with E-state index in [0.717, 1.165) is 22.9 Å². The van der Waals surface area contributed by atoms with E-state index in [9.17, 15) is 9.50 Å². The van der Waals surface area contributed by atoms with Crippen molar-refractivity contribution in [2.75, 3.05) is 6.61 Å². The first kappa shape index (κ1) is 13.7. The molecule has 0 aromatic heterocycles. The zero-order valence-electron chi connectivity index (χ0n) is 9.71. The Morgan fingerprint density at radius 2 is 2.06 bits per heavy atom. The minimum atomic E-state index is -0.236. The summed E-state index contributed by atoms with van der Waals surface area (Å²) in [5.74, 6) is 0.582. The van der Waals surface area contributed by atoms with E-state index >= 15 is 0 Å². The quantitative estimate of drug-likeness (QED) is 0.874. The molecule has 0 saturated heterocycles. The average molecular weight is 289 g/mol. The summed E-state index contributed by atoms with van der Waals surface area (Å²) in [4.78, 5) is 0. The number of aliphatic hydroxyl groups is 1. The molecule has 1 rings (SSSR count). The van der Waals surface area contributed by atoms with Crippen LogP contribution in [0.5, 0.6) is 0 Å². The standard InChI is InChI=1S/C13H18BrFO/c1-9(2)5-10(8-16)6-11-3-4-12(15)7-13(11)14/h3-4,7,9-10,16H,5-6,8H2,1-2H3. The van der Waals surface area contributed by atoms with Crippen molar-refractivity contribution in [3.63, 3.8) is 0 Å². The molecule has 90 valence electrons. The van der Waals surface area contributed by atoms with Gasteiger partial charge in [-0.15, -0.1) is 0 Å². The minimum Gasteiger partial charge on any atom is -0.396 e. The monoisotopic (exact) mass is 288 g/mol. The molecule has 1 N–H and O–H groups in total. The van der Waals surface area contributed by atoms with Crippen LogP contribution in [0.3, 0.4) is 0 Å². The highest BCUT2D eigenvalue weighted by molar-refractivity contribution is 9.10. The van der Waals surface area contributed by atoms with Gasteiger partial charge >= 0.3 is 0 Å². The summed E-state index contributed by atoms with van der Waals surface area (Å²) in [6.07, 6.45) is 1.77. The van der Waals surface area contributed by atoms with Crippen LogP contribution < -0.4 is 0 Å². The predicted molar refractivity (Wildman–Crippen MR) is 67.8 cm³/mol. The zero-order chi connectivity index (χ0) is 12.1. The minimum absolute atomic E-state index is 0.183. The van der Waals surface area contributed by atoms with Crippen molar-refractivity contribution in [1.82, 2.24) is 0 Å². The second-order valence-corrected chi connectivity index (χ2v) is 5.47. The summed E-state index contributed by atoms with van der Waals surface area (Å²) in [6, 6.07) is 4.71. The number of aliphatic hydroxyl groups excluding tert-OH is 1. The Labute approximate surface area is 105 Å². The summed E-state index contributed by atoms with van der Waals surface area (Å²) in [6.45, 7) is 4.47. The van der Waals surface area contributed by atoms with Crippen LogP contribution in [0.2, 0.25) is 0 Å². The van der Waals surface area contributed by atoms with Gasteiger partial charge in [-0.3, -0.25) is 0 Å². The van der Waals surface area contributed by atoms with Crippen molar-refractivity contribution >= 4 is 15.9 Å². The van der Waals surface area contributed by atoms with E-state index in [0.29, 0.717) is 5.92 Å². The SMILES string of the molecule is CC(C)CC(CO)Cc1ccc(F)cc1Br. The first-order valence-electron chi connectivity index (χ1n) is 5.57. The summed E-state index contributed by atoms with van der Waals surface area (Å²) in [5.41, 5.74) is 1.06. The van der Waals surface area contributed by atoms with Crippen LogP contribution in [0, 0.1) is 17.7 Å². The van der Waals surface area contributed by atoms with Crippen molar-refractivity contribution in [2.45, 2.75) is 26.7 Å². The fourth-order valence-corrected chi connectivity index (χ4v) is 2.40. The Balaban J connectivity index is 2.70. The van der Waals surface area contributed by atoms with Crippen molar-refractivity contribution in [3.05, 3.63) is 34.1 Å². The second-order valence-electron chi connectivity index (χ2n) is 4.62. The average Bonchev–Trinajstić information content (AvgIpc) is 2.20. The molecule has 0 spiro atoms. The molecule has 0 aliphatic heterocycles. The molecule has 3 heteroatoms. The van der Waals surface area contributed by atoms with E-state index in [4.69, 9.17) is 0 Å². The molecule has 1 aromatic carbocycles. The van der Waals surface area contributed by atoms with Crippen molar-refractivity contribution in [2.24, 2.45) is 11.8 Å². The van der Waals surface area contributed by atoms with Crippen LogP contribution in [-0.4, -0.2) is 11.7 Å². The van der Waals surface area contributed by atoms with Gasteiger partial charge in [-0.2, -0.15) is 0 Å². The number of rotatable bonds is 5. The van der Waals surface area contributed by atoms with E-state index in [1.807, 2.05) is 0 Å². The third-order valence-electron chi connectivity index (χ3n) is 2.59. The van der Waals surface area contributed by atoms with E-state index in [1.54, 1.807) is 6.07 Å². The van der Waals surface area contributed by atoms with Crippen LogP contribution in [0.1, 0.15) is 25.8 Å². The molecule has 1 atom stereocenters. The zero-order valence-corrected chi connectivity index (χ0v) is 11.3. The second kappa shape index (κ2) is 6.36. The van der Waals surface area contributed by atoms with Crippen molar-refractivity contribution in [1.29, 1.82) is 0 Å². The molecule has 0 heterocycles. The van der Waals surface area contributed by atoms with Crippen LogP contribution in [0.25, 0.3) is 0 Å². The van der Waals surface area contributed by atoms with Gasteiger partial charge in [0.1, 0.15) is 5.82 Å². The first-order chi connectivity index (χ1) is 7.52. The lowest BCUT2D eigenvalue weighted by atomic mass is 9.92. The van der Waals surface area contributed by atoms with Gasteiger partial charge in [0.05, 0.1) is 0 Å². The summed E-state index contributed by atoms with van der Waals surface area (Å²) in [7, 11) is 0. The Morgan fingerprint density at radius 1 is 1.38 bits per heavy atom. The van der Waals surface area contributed by atoms with Crippen LogP contribution in [0.4, 0.5) is 4.39 Å². The highest BCUT2D eigenvalue weighted by Gasteiger charge is 2.12. The van der Waals surface area contributed by atoms with E-state index in [1.165, 1.54) is 12.1 Å². The molecule has 16 heavy (non-hydrogen) atoms. The van der Waals surface area contributed by atoms with Gasteiger partial charge in [-0.1, -0.05) is 35.8 Å². The third-order valence-corrected chi connectivity index (χ3v) is 3.32. The smallest absolute Gasteiger partial charge is 0.124 e. The maximum Gasteiger partial charge on any atom is 0.124 e. The van der Waals surface area contributed by atoms with E-state index < -0.39 is 0 Å². The van der Waals surface area contributed by atoms with Crippen LogP contribution in [0.15, 0.2) is 22.7 Å². The van der Waals surface area contributed by atoms with Gasteiger partial charge < -0.3 is 5.11 Å². The maximum atomic E-state index is 12.9. The lowest BCUT2D eigenvalue weighted by molar-refractivity contribution is 0.205. The molecule has 1 aromatic rings. The Morgan fingerprint density at radius 3 is 2.56 bits per heavy atom. The van der Waals surface area contributed by atoms with E-state index in [-0.39, 0.29) is 18.3 Å². The number of halogens is 2. The molecule has 0 bridgehead atoms. The molecule has 1 unspecified atom stereocenters. The largest absolute Gasteiger partial charge is 0.396 e. The highest BCUT2D eigenvalue weighted by Crippen LogP contribution is 2.23. The van der Waals surface area contributed by atoms with Gasteiger partial charge in [-0.05, 0) is 42.4 Å². The maximum absolute atomic E-state index is 12.9. The summed E-state index contributed by atoms with van der Waals surface area (Å²) < 4.78 is 13.7. The topological polar surface area (TPSA) is 20.2 Å². The summed E-state index contributed by atoms with van der Waals surface area (Å²) >= 11 is 3.35. The molecule has 0 aliphatic carbocycles. The first-order valence-corrected chi connectivity index (χ1v) is 6.37. The molecular formula is C13H18BrFO. The van der Waals surface area contributed by atoms with Crippen molar-refractivity contribution < 1.29 is 9.50 Å². The molecule has 0 aliphatic rings. The normalized spacial score (nSPS) is 13.1.